The van der Waals surface area contributed by atoms with Crippen molar-refractivity contribution in [1.29, 1.82) is 0 Å². The summed E-state index contributed by atoms with van der Waals surface area (Å²) in [5, 5.41) is 0. The van der Waals surface area contributed by atoms with Crippen LogP contribution >= 0.6 is 0 Å². The molecule has 0 saturated carbocycles. The van der Waals surface area contributed by atoms with Crippen molar-refractivity contribution >= 4 is 47.8 Å². The molecule has 0 aliphatic carbocycles. The van der Waals surface area contributed by atoms with Crippen molar-refractivity contribution < 1.29 is 85.7 Å². The molecule has 0 bridgehead atoms. The molecule has 4 aromatic rings. The SMILES string of the molecule is C=C(CC(C)(CC(C)(CC(CCCC(CC(C)(CC(C)(CC(=C)C(=O)OCCc1ccccc1)C(=O)OCCc1ccccc1)C(=O)OCCOC)C(=O)OC)C(=O)OC)C(=O)OCCOC)C(=O)OCCc1ccccc1)C(=O)OCCc1ccccc1. The van der Waals surface area contributed by atoms with E-state index < -0.39 is 81.3 Å². The maximum atomic E-state index is 14.6. The number of carbonyl (C=O) groups is 8. The number of hydrogen-bond acceptors (Lipinski definition) is 18. The molecule has 0 aliphatic heterocycles. The van der Waals surface area contributed by atoms with Crippen LogP contribution in [0.5, 0.6) is 0 Å². The lowest BCUT2D eigenvalue weighted by atomic mass is 9.66. The van der Waals surface area contributed by atoms with Crippen LogP contribution in [0.25, 0.3) is 0 Å². The fraction of sp³-hybridized carbons (Fsp3) is 0.493. The molecule has 89 heavy (non-hydrogen) atoms. The number of carbonyl (C=O) groups excluding carboxylic acids is 8. The topological polar surface area (TPSA) is 229 Å². The molecular formula is C71H92O18. The van der Waals surface area contributed by atoms with Gasteiger partial charge in [-0.1, -0.05) is 141 Å². The molecule has 0 fully saturated rings. The molecular weight excluding hydrogens is 1140 g/mol. The standard InChI is InChI=1S/C71H92O18/c1-52(60(72)84-38-34-54-24-15-11-16-25-54)46-68(3,64(76)86-40-36-56-28-19-13-20-29-56)50-70(5,66(78)88-44-42-80-7)48-58(62(74)82-9)32-23-33-59(63(75)83-10)49-71(6,67(79)89-45-43-81-8)51-69(4,65(77)87-41-37-57-30-21-14-22-31-57)47-53(2)61(73)85-39-35-55-26-17-12-18-27-55/h11-22,24-31,58-59H,1-2,23,32-51H2,3-10H3. The Balaban J connectivity index is 1.67. The second kappa shape index (κ2) is 37.8. The van der Waals surface area contributed by atoms with E-state index in [1.807, 2.05) is 121 Å². The predicted molar refractivity (Wildman–Crippen MR) is 333 cm³/mol. The van der Waals surface area contributed by atoms with Gasteiger partial charge in [-0.05, 0) is 101 Å². The third-order valence-corrected chi connectivity index (χ3v) is 15.8. The first-order valence-corrected chi connectivity index (χ1v) is 30.2. The minimum absolute atomic E-state index is 0.00641. The molecule has 0 N–H and O–H groups in total. The smallest absolute Gasteiger partial charge is 0.333 e. The minimum Gasteiger partial charge on any atom is -0.469 e. The number of hydrogen-bond donors (Lipinski definition) is 0. The van der Waals surface area contributed by atoms with Crippen LogP contribution in [0.15, 0.2) is 146 Å². The van der Waals surface area contributed by atoms with Crippen LogP contribution in [0.4, 0.5) is 0 Å². The van der Waals surface area contributed by atoms with Crippen molar-refractivity contribution in [2.24, 2.45) is 33.5 Å². The summed E-state index contributed by atoms with van der Waals surface area (Å²) in [5.74, 6) is -8.06. The van der Waals surface area contributed by atoms with Gasteiger partial charge in [-0.3, -0.25) is 28.8 Å². The molecule has 0 heterocycles. The van der Waals surface area contributed by atoms with Crippen molar-refractivity contribution in [3.8, 4) is 0 Å². The molecule has 4 aromatic carbocycles. The summed E-state index contributed by atoms with van der Waals surface area (Å²) < 4.78 is 55.8. The van der Waals surface area contributed by atoms with Gasteiger partial charge in [0.2, 0.25) is 0 Å². The maximum Gasteiger partial charge on any atom is 0.333 e. The molecule has 6 unspecified atom stereocenters. The zero-order chi connectivity index (χ0) is 65.3. The summed E-state index contributed by atoms with van der Waals surface area (Å²) in [6, 6.07) is 37.6. The normalized spacial score (nSPS) is 14.5. The molecule has 0 amide bonds. The lowest BCUT2D eigenvalue weighted by Gasteiger charge is -2.38. The first kappa shape index (κ1) is 73.5. The van der Waals surface area contributed by atoms with Crippen molar-refractivity contribution in [2.45, 2.75) is 111 Å². The van der Waals surface area contributed by atoms with E-state index in [4.69, 9.17) is 47.4 Å². The fourth-order valence-corrected chi connectivity index (χ4v) is 11.3. The number of rotatable bonds is 42. The third-order valence-electron chi connectivity index (χ3n) is 15.8. The van der Waals surface area contributed by atoms with Crippen LogP contribution in [-0.4, -0.2) is 129 Å². The summed E-state index contributed by atoms with van der Waals surface area (Å²) in [6.07, 6.45) is 0.0218. The van der Waals surface area contributed by atoms with Gasteiger partial charge in [-0.25, -0.2) is 9.59 Å². The van der Waals surface area contributed by atoms with E-state index in [-0.39, 0.29) is 122 Å². The maximum absolute atomic E-state index is 14.6. The highest BCUT2D eigenvalue weighted by atomic mass is 16.6. The quantitative estimate of drug-likeness (QED) is 0.0174. The van der Waals surface area contributed by atoms with Crippen molar-refractivity contribution in [1.82, 2.24) is 0 Å². The summed E-state index contributed by atoms with van der Waals surface area (Å²) in [6.45, 7) is 14.0. The van der Waals surface area contributed by atoms with E-state index >= 15 is 0 Å². The average Bonchev–Trinajstić information content (AvgIpc) is 2.32. The van der Waals surface area contributed by atoms with Crippen LogP contribution < -0.4 is 0 Å². The average molecular weight is 1230 g/mol. The zero-order valence-electron chi connectivity index (χ0n) is 53.3. The monoisotopic (exact) mass is 1230 g/mol. The van der Waals surface area contributed by atoms with Crippen molar-refractivity contribution in [2.75, 3.05) is 81.3 Å². The highest BCUT2D eigenvalue weighted by Gasteiger charge is 2.51. The first-order valence-electron chi connectivity index (χ1n) is 30.2. The Hall–Kier alpha value is -7.96. The summed E-state index contributed by atoms with van der Waals surface area (Å²) in [7, 11) is 5.28. The van der Waals surface area contributed by atoms with Gasteiger partial charge in [0.05, 0.1) is 87.4 Å². The summed E-state index contributed by atoms with van der Waals surface area (Å²) in [4.78, 5) is 114. The van der Waals surface area contributed by atoms with Gasteiger partial charge >= 0.3 is 47.8 Å². The molecule has 18 heteroatoms. The van der Waals surface area contributed by atoms with Crippen LogP contribution in [-0.2, 0) is 111 Å². The first-order chi connectivity index (χ1) is 42.5. The Kier molecular flexibility index (Phi) is 31.2. The van der Waals surface area contributed by atoms with Crippen LogP contribution in [0.1, 0.15) is 108 Å². The lowest BCUT2D eigenvalue weighted by Crippen LogP contribution is -2.43. The number of ether oxygens (including phenoxy) is 10. The van der Waals surface area contributed by atoms with Crippen LogP contribution in [0, 0.1) is 33.5 Å². The Morgan fingerprint density at radius 1 is 0.371 bits per heavy atom. The molecule has 4 rings (SSSR count). The van der Waals surface area contributed by atoms with E-state index in [1.54, 1.807) is 27.7 Å². The van der Waals surface area contributed by atoms with Crippen LogP contribution in [0.2, 0.25) is 0 Å². The van der Waals surface area contributed by atoms with Gasteiger partial charge < -0.3 is 47.4 Å². The molecule has 0 saturated heterocycles. The number of methoxy groups -OCH3 is 4. The molecule has 0 aliphatic rings. The third kappa shape index (κ3) is 24.9. The Bertz CT molecular complexity index is 2700. The van der Waals surface area contributed by atoms with Gasteiger partial charge in [0, 0.05) is 51.0 Å². The van der Waals surface area contributed by atoms with Gasteiger partial charge in [0.1, 0.15) is 13.2 Å². The number of benzene rings is 4. The van der Waals surface area contributed by atoms with E-state index in [0.29, 0.717) is 25.7 Å². The Labute approximate surface area is 525 Å². The van der Waals surface area contributed by atoms with Crippen molar-refractivity contribution in [3.63, 3.8) is 0 Å². The fourth-order valence-electron chi connectivity index (χ4n) is 11.3. The highest BCUT2D eigenvalue weighted by Crippen LogP contribution is 2.47. The summed E-state index contributed by atoms with van der Waals surface area (Å²) in [5.41, 5.74) is -3.00. The van der Waals surface area contributed by atoms with Crippen molar-refractivity contribution in [3.05, 3.63) is 168 Å². The molecule has 0 aromatic heterocycles. The largest absolute Gasteiger partial charge is 0.469 e. The van der Waals surface area contributed by atoms with E-state index in [1.165, 1.54) is 28.4 Å². The van der Waals surface area contributed by atoms with E-state index in [9.17, 15) is 38.4 Å². The second-order valence-electron chi connectivity index (χ2n) is 23.7. The summed E-state index contributed by atoms with van der Waals surface area (Å²) >= 11 is 0. The zero-order valence-corrected chi connectivity index (χ0v) is 53.3. The molecule has 0 radical (unpaired) electrons. The van der Waals surface area contributed by atoms with E-state index in [0.717, 1.165) is 22.3 Å². The number of esters is 8. The van der Waals surface area contributed by atoms with Gasteiger partial charge in [0.25, 0.3) is 0 Å². The van der Waals surface area contributed by atoms with Gasteiger partial charge in [-0.2, -0.15) is 0 Å². The van der Waals surface area contributed by atoms with Gasteiger partial charge in [-0.15, -0.1) is 0 Å². The van der Waals surface area contributed by atoms with Gasteiger partial charge in [0.15, 0.2) is 0 Å². The second-order valence-corrected chi connectivity index (χ2v) is 23.7. The Morgan fingerprint density at radius 3 is 0.921 bits per heavy atom. The van der Waals surface area contributed by atoms with E-state index in [2.05, 4.69) is 13.2 Å². The highest BCUT2D eigenvalue weighted by molar-refractivity contribution is 5.91. The molecule has 6 atom stereocenters. The van der Waals surface area contributed by atoms with Crippen LogP contribution in [0.3, 0.4) is 0 Å². The molecule has 0 spiro atoms. The minimum atomic E-state index is -1.66. The Morgan fingerprint density at radius 2 is 0.640 bits per heavy atom. The predicted octanol–water partition coefficient (Wildman–Crippen LogP) is 10.7. The molecule has 484 valence electrons. The lowest BCUT2D eigenvalue weighted by molar-refractivity contribution is -0.168. The molecule has 18 nitrogen and oxygen atoms in total.